The molecule has 0 aromatic heterocycles. The number of ether oxygens (including phenoxy) is 1. The SMILES string of the molecule is CN=C(NCCc1ccc(S(C)(=O)=O)cc1)NCCC(C)c1ccc(OC)cc1.I. The molecule has 0 radical (unpaired) electrons. The third kappa shape index (κ3) is 8.51. The Morgan fingerprint density at radius 3 is 2.17 bits per heavy atom. The number of benzene rings is 2. The monoisotopic (exact) mass is 545 g/mol. The average molecular weight is 545 g/mol. The fourth-order valence-corrected chi connectivity index (χ4v) is 3.59. The van der Waals surface area contributed by atoms with Crippen LogP contribution in [0, 0.1) is 0 Å². The van der Waals surface area contributed by atoms with Crippen molar-refractivity contribution in [1.82, 2.24) is 10.6 Å². The first-order valence-electron chi connectivity index (χ1n) is 9.71. The molecule has 2 aromatic carbocycles. The highest BCUT2D eigenvalue weighted by Gasteiger charge is 2.07. The lowest BCUT2D eigenvalue weighted by atomic mass is 9.98. The number of aliphatic imine (C=N–C) groups is 1. The first-order valence-corrected chi connectivity index (χ1v) is 11.6. The Kier molecular flexibility index (Phi) is 11.2. The summed E-state index contributed by atoms with van der Waals surface area (Å²) >= 11 is 0. The van der Waals surface area contributed by atoms with E-state index < -0.39 is 9.84 Å². The average Bonchev–Trinajstić information content (AvgIpc) is 2.72. The molecular weight excluding hydrogens is 513 g/mol. The van der Waals surface area contributed by atoms with Crippen molar-refractivity contribution in [2.75, 3.05) is 33.5 Å². The normalized spacial score (nSPS) is 12.6. The van der Waals surface area contributed by atoms with Gasteiger partial charge in [0, 0.05) is 26.4 Å². The summed E-state index contributed by atoms with van der Waals surface area (Å²) < 4.78 is 28.2. The summed E-state index contributed by atoms with van der Waals surface area (Å²) in [7, 11) is 0.276. The first kappa shape index (κ1) is 26.2. The van der Waals surface area contributed by atoms with Crippen LogP contribution < -0.4 is 15.4 Å². The number of methoxy groups -OCH3 is 1. The molecule has 0 bridgehead atoms. The van der Waals surface area contributed by atoms with Gasteiger partial charge in [-0.25, -0.2) is 8.42 Å². The maximum Gasteiger partial charge on any atom is 0.190 e. The van der Waals surface area contributed by atoms with Crippen molar-refractivity contribution in [3.05, 3.63) is 59.7 Å². The molecule has 8 heteroatoms. The molecule has 2 rings (SSSR count). The van der Waals surface area contributed by atoms with Crippen molar-refractivity contribution in [2.45, 2.75) is 30.6 Å². The third-order valence-electron chi connectivity index (χ3n) is 4.84. The van der Waals surface area contributed by atoms with Crippen molar-refractivity contribution in [3.63, 3.8) is 0 Å². The van der Waals surface area contributed by atoms with E-state index in [0.29, 0.717) is 17.4 Å². The highest BCUT2D eigenvalue weighted by atomic mass is 127. The van der Waals surface area contributed by atoms with Gasteiger partial charge in [0.2, 0.25) is 0 Å². The van der Waals surface area contributed by atoms with Crippen LogP contribution in [0.4, 0.5) is 0 Å². The van der Waals surface area contributed by atoms with Gasteiger partial charge in [-0.15, -0.1) is 24.0 Å². The van der Waals surface area contributed by atoms with Crippen molar-refractivity contribution < 1.29 is 13.2 Å². The van der Waals surface area contributed by atoms with Crippen LogP contribution in [0.5, 0.6) is 5.75 Å². The Bertz CT molecular complexity index is 898. The standard InChI is InChI=1S/C22H31N3O3S.HI/c1-17(19-7-9-20(28-3)10-8-19)13-15-24-22(23-2)25-16-14-18-5-11-21(12-6-18)29(4,26)27;/h5-12,17H,13-16H2,1-4H3,(H2,23,24,25);1H. The summed E-state index contributed by atoms with van der Waals surface area (Å²) in [4.78, 5) is 4.60. The molecule has 166 valence electrons. The Hall–Kier alpha value is -1.81. The quantitative estimate of drug-likeness (QED) is 0.286. The van der Waals surface area contributed by atoms with Gasteiger partial charge in [-0.3, -0.25) is 4.99 Å². The summed E-state index contributed by atoms with van der Waals surface area (Å²) in [5, 5.41) is 6.64. The second-order valence-electron chi connectivity index (χ2n) is 7.05. The number of guanidine groups is 1. The topological polar surface area (TPSA) is 79.8 Å². The molecule has 0 aliphatic heterocycles. The predicted molar refractivity (Wildman–Crippen MR) is 134 cm³/mol. The lowest BCUT2D eigenvalue weighted by Crippen LogP contribution is -2.39. The minimum absolute atomic E-state index is 0. The number of halogens is 1. The van der Waals surface area contributed by atoms with Crippen molar-refractivity contribution in [2.24, 2.45) is 4.99 Å². The minimum Gasteiger partial charge on any atom is -0.497 e. The van der Waals surface area contributed by atoms with Crippen LogP contribution in [0.1, 0.15) is 30.4 Å². The zero-order valence-electron chi connectivity index (χ0n) is 18.0. The van der Waals surface area contributed by atoms with Gasteiger partial charge in [-0.1, -0.05) is 31.2 Å². The van der Waals surface area contributed by atoms with E-state index in [9.17, 15) is 8.42 Å². The summed E-state index contributed by atoms with van der Waals surface area (Å²) in [6.45, 7) is 3.74. The fourth-order valence-electron chi connectivity index (χ4n) is 2.96. The van der Waals surface area contributed by atoms with Gasteiger partial charge in [0.05, 0.1) is 12.0 Å². The number of rotatable bonds is 9. The molecule has 0 saturated heterocycles. The summed E-state index contributed by atoms with van der Waals surface area (Å²) in [5.74, 6) is 2.06. The smallest absolute Gasteiger partial charge is 0.190 e. The van der Waals surface area contributed by atoms with Crippen LogP contribution in [0.15, 0.2) is 58.4 Å². The lowest BCUT2D eigenvalue weighted by molar-refractivity contribution is 0.414. The number of nitrogens with zero attached hydrogens (tertiary/aromatic N) is 1. The van der Waals surface area contributed by atoms with E-state index in [2.05, 4.69) is 34.7 Å². The van der Waals surface area contributed by atoms with Gasteiger partial charge in [0.25, 0.3) is 0 Å². The van der Waals surface area contributed by atoms with Crippen LogP contribution >= 0.6 is 24.0 Å². The molecule has 6 nitrogen and oxygen atoms in total. The highest BCUT2D eigenvalue weighted by molar-refractivity contribution is 14.0. The van der Waals surface area contributed by atoms with E-state index in [1.54, 1.807) is 26.3 Å². The highest BCUT2D eigenvalue weighted by Crippen LogP contribution is 2.21. The van der Waals surface area contributed by atoms with Crippen molar-refractivity contribution in [3.8, 4) is 5.75 Å². The Labute approximate surface area is 197 Å². The second kappa shape index (κ2) is 12.8. The van der Waals surface area contributed by atoms with Crippen molar-refractivity contribution in [1.29, 1.82) is 0 Å². The van der Waals surface area contributed by atoms with E-state index in [1.807, 2.05) is 24.3 Å². The summed E-state index contributed by atoms with van der Waals surface area (Å²) in [6, 6.07) is 15.2. The maximum absolute atomic E-state index is 11.5. The van der Waals surface area contributed by atoms with E-state index in [1.165, 1.54) is 11.8 Å². The second-order valence-corrected chi connectivity index (χ2v) is 9.07. The summed E-state index contributed by atoms with van der Waals surface area (Å²) in [5.41, 5.74) is 2.36. The zero-order chi connectivity index (χ0) is 21.3. The van der Waals surface area contributed by atoms with Gasteiger partial charge < -0.3 is 15.4 Å². The Morgan fingerprint density at radius 1 is 1.03 bits per heavy atom. The third-order valence-corrected chi connectivity index (χ3v) is 5.96. The zero-order valence-corrected chi connectivity index (χ0v) is 21.2. The van der Waals surface area contributed by atoms with Gasteiger partial charge in [-0.05, 0) is 54.2 Å². The fraction of sp³-hybridized carbons (Fsp3) is 0.409. The lowest BCUT2D eigenvalue weighted by Gasteiger charge is -2.15. The molecule has 0 fully saturated rings. The molecule has 0 aliphatic carbocycles. The van der Waals surface area contributed by atoms with E-state index in [-0.39, 0.29) is 24.0 Å². The molecule has 0 aliphatic rings. The first-order chi connectivity index (χ1) is 13.8. The molecule has 2 N–H and O–H groups in total. The predicted octanol–water partition coefficient (Wildman–Crippen LogP) is 3.62. The van der Waals surface area contributed by atoms with Gasteiger partial charge in [0.15, 0.2) is 15.8 Å². The van der Waals surface area contributed by atoms with Crippen molar-refractivity contribution >= 4 is 39.8 Å². The van der Waals surface area contributed by atoms with E-state index in [0.717, 1.165) is 36.7 Å². The van der Waals surface area contributed by atoms with Gasteiger partial charge in [-0.2, -0.15) is 0 Å². The largest absolute Gasteiger partial charge is 0.497 e. The van der Waals surface area contributed by atoms with Gasteiger partial charge in [0.1, 0.15) is 5.75 Å². The van der Waals surface area contributed by atoms with Crippen LogP contribution in [-0.2, 0) is 16.3 Å². The molecule has 0 heterocycles. The van der Waals surface area contributed by atoms with Crippen LogP contribution in [0.2, 0.25) is 0 Å². The molecular formula is C22H32IN3O3S. The number of hydrogen-bond donors (Lipinski definition) is 2. The van der Waals surface area contributed by atoms with Crippen LogP contribution in [0.25, 0.3) is 0 Å². The molecule has 0 saturated carbocycles. The Balaban J connectivity index is 0.00000450. The molecule has 1 atom stereocenters. The van der Waals surface area contributed by atoms with E-state index >= 15 is 0 Å². The van der Waals surface area contributed by atoms with Gasteiger partial charge >= 0.3 is 0 Å². The number of nitrogens with one attached hydrogen (secondary N) is 2. The number of hydrogen-bond acceptors (Lipinski definition) is 4. The number of sulfone groups is 1. The van der Waals surface area contributed by atoms with E-state index in [4.69, 9.17) is 4.74 Å². The summed E-state index contributed by atoms with van der Waals surface area (Å²) in [6.07, 6.45) is 2.99. The molecule has 0 spiro atoms. The molecule has 30 heavy (non-hydrogen) atoms. The minimum atomic E-state index is -3.15. The molecule has 1 unspecified atom stereocenters. The molecule has 2 aromatic rings. The van der Waals surface area contributed by atoms with Crippen LogP contribution in [0.3, 0.4) is 0 Å². The maximum atomic E-state index is 11.5. The Morgan fingerprint density at radius 2 is 1.63 bits per heavy atom. The molecule has 0 amide bonds. The van der Waals surface area contributed by atoms with Crippen LogP contribution in [-0.4, -0.2) is 47.9 Å².